The van der Waals surface area contributed by atoms with Gasteiger partial charge in [-0.2, -0.15) is 0 Å². The molecule has 2 aromatic carbocycles. The molecule has 0 aliphatic rings. The number of aliphatic imine (C=N–C) groups is 1. The molecular weight excluding hydrogens is 449 g/mol. The van der Waals surface area contributed by atoms with Crippen LogP contribution in [0.1, 0.15) is 16.7 Å². The van der Waals surface area contributed by atoms with Gasteiger partial charge in [0.05, 0.1) is 5.69 Å². The third-order valence-electron chi connectivity index (χ3n) is 3.86. The minimum absolute atomic E-state index is 0. The second-order valence-corrected chi connectivity index (χ2v) is 6.04. The molecule has 0 aliphatic carbocycles. The van der Waals surface area contributed by atoms with Gasteiger partial charge in [0.25, 0.3) is 0 Å². The Morgan fingerprint density at radius 1 is 0.962 bits per heavy atom. The maximum Gasteiger partial charge on any atom is 0.191 e. The van der Waals surface area contributed by atoms with E-state index in [9.17, 15) is 8.78 Å². The molecule has 7 heteroatoms. The average molecular weight is 474 g/mol. The van der Waals surface area contributed by atoms with Crippen molar-refractivity contribution in [2.24, 2.45) is 4.99 Å². The second kappa shape index (κ2) is 10.3. The van der Waals surface area contributed by atoms with E-state index in [1.165, 1.54) is 12.1 Å². The van der Waals surface area contributed by atoms with Crippen molar-refractivity contribution >= 4 is 35.6 Å². The third-order valence-corrected chi connectivity index (χ3v) is 3.86. The van der Waals surface area contributed by atoms with E-state index in [2.05, 4.69) is 15.6 Å². The zero-order valence-corrected chi connectivity index (χ0v) is 17.8. The lowest BCUT2D eigenvalue weighted by Gasteiger charge is -2.15. The zero-order chi connectivity index (χ0) is 18.4. The molecule has 0 atom stereocenters. The highest BCUT2D eigenvalue weighted by Crippen LogP contribution is 2.18. The van der Waals surface area contributed by atoms with Crippen molar-refractivity contribution in [2.75, 3.05) is 26.0 Å². The molecule has 2 rings (SSSR count). The topological polar surface area (TPSA) is 39.7 Å². The number of hydrogen-bond donors (Lipinski definition) is 2. The van der Waals surface area contributed by atoms with E-state index in [4.69, 9.17) is 0 Å². The van der Waals surface area contributed by atoms with Gasteiger partial charge in [-0.1, -0.05) is 18.2 Å². The van der Waals surface area contributed by atoms with E-state index in [0.29, 0.717) is 30.3 Å². The van der Waals surface area contributed by atoms with Crippen LogP contribution in [0.4, 0.5) is 14.5 Å². The fourth-order valence-corrected chi connectivity index (χ4v) is 2.43. The van der Waals surface area contributed by atoms with Gasteiger partial charge in [0.15, 0.2) is 5.96 Å². The highest BCUT2D eigenvalue weighted by molar-refractivity contribution is 14.0. The molecule has 0 saturated carbocycles. The van der Waals surface area contributed by atoms with E-state index in [1.54, 1.807) is 51.2 Å². The van der Waals surface area contributed by atoms with Gasteiger partial charge in [-0.15, -0.1) is 24.0 Å². The summed E-state index contributed by atoms with van der Waals surface area (Å²) in [6, 6.07) is 10.1. The molecule has 4 nitrogen and oxygen atoms in total. The van der Waals surface area contributed by atoms with Crippen LogP contribution in [-0.2, 0) is 13.1 Å². The lowest BCUT2D eigenvalue weighted by molar-refractivity contribution is 0.617. The maximum atomic E-state index is 14.0. The Bertz CT molecular complexity index is 763. The number of guanidine groups is 1. The van der Waals surface area contributed by atoms with Crippen molar-refractivity contribution in [2.45, 2.75) is 20.0 Å². The van der Waals surface area contributed by atoms with Gasteiger partial charge >= 0.3 is 0 Å². The SMILES string of the molecule is CN=C(NCc1ccc(F)c(C)c1)NCc1ccc(N(C)C)c(F)c1.I. The number of rotatable bonds is 5. The number of nitrogens with one attached hydrogen (secondary N) is 2. The summed E-state index contributed by atoms with van der Waals surface area (Å²) in [7, 11) is 5.28. The summed E-state index contributed by atoms with van der Waals surface area (Å²) in [5, 5.41) is 6.30. The van der Waals surface area contributed by atoms with E-state index < -0.39 is 0 Å². The average Bonchev–Trinajstić information content (AvgIpc) is 2.57. The first kappa shape index (κ1) is 22.1. The number of nitrogens with zero attached hydrogens (tertiary/aromatic N) is 2. The molecule has 26 heavy (non-hydrogen) atoms. The summed E-state index contributed by atoms with van der Waals surface area (Å²) in [5.41, 5.74) is 2.95. The second-order valence-electron chi connectivity index (χ2n) is 6.04. The van der Waals surface area contributed by atoms with Crippen molar-refractivity contribution < 1.29 is 8.78 Å². The Balaban J connectivity index is 0.00000338. The van der Waals surface area contributed by atoms with Crippen LogP contribution in [-0.4, -0.2) is 27.1 Å². The fourth-order valence-electron chi connectivity index (χ4n) is 2.43. The lowest BCUT2D eigenvalue weighted by atomic mass is 10.1. The Kier molecular flexibility index (Phi) is 8.77. The highest BCUT2D eigenvalue weighted by Gasteiger charge is 2.06. The third kappa shape index (κ3) is 6.12. The van der Waals surface area contributed by atoms with E-state index in [0.717, 1.165) is 11.1 Å². The van der Waals surface area contributed by atoms with Crippen LogP contribution < -0.4 is 15.5 Å². The monoisotopic (exact) mass is 474 g/mol. The van der Waals surface area contributed by atoms with Gasteiger partial charge in [-0.05, 0) is 41.8 Å². The Morgan fingerprint density at radius 2 is 1.54 bits per heavy atom. The molecule has 0 fully saturated rings. The molecule has 0 radical (unpaired) electrons. The Labute approximate surface area is 170 Å². The summed E-state index contributed by atoms with van der Waals surface area (Å²) in [6.07, 6.45) is 0. The molecule has 0 bridgehead atoms. The largest absolute Gasteiger partial charge is 0.375 e. The number of benzene rings is 2. The summed E-state index contributed by atoms with van der Waals surface area (Å²) < 4.78 is 27.3. The van der Waals surface area contributed by atoms with Crippen molar-refractivity contribution in [3.8, 4) is 0 Å². The maximum absolute atomic E-state index is 14.0. The molecule has 0 saturated heterocycles. The van der Waals surface area contributed by atoms with Crippen LogP contribution in [0.3, 0.4) is 0 Å². The van der Waals surface area contributed by atoms with Crippen LogP contribution in [0.15, 0.2) is 41.4 Å². The van der Waals surface area contributed by atoms with E-state index in [1.807, 2.05) is 6.07 Å². The van der Waals surface area contributed by atoms with Gasteiger partial charge in [0.1, 0.15) is 11.6 Å². The molecule has 2 N–H and O–H groups in total. The first-order valence-electron chi connectivity index (χ1n) is 8.06. The predicted octanol–water partition coefficient (Wildman–Crippen LogP) is 3.82. The van der Waals surface area contributed by atoms with Crippen molar-refractivity contribution in [1.82, 2.24) is 10.6 Å². The van der Waals surface area contributed by atoms with Crippen LogP contribution in [0.2, 0.25) is 0 Å². The van der Waals surface area contributed by atoms with Crippen LogP contribution in [0.5, 0.6) is 0 Å². The minimum atomic E-state index is -0.256. The van der Waals surface area contributed by atoms with Crippen molar-refractivity contribution in [1.29, 1.82) is 0 Å². The van der Waals surface area contributed by atoms with E-state index in [-0.39, 0.29) is 35.6 Å². The van der Waals surface area contributed by atoms with Gasteiger partial charge < -0.3 is 15.5 Å². The predicted molar refractivity (Wildman–Crippen MR) is 114 cm³/mol. The normalized spacial score (nSPS) is 10.9. The molecular formula is C19H25F2IN4. The smallest absolute Gasteiger partial charge is 0.191 e. The van der Waals surface area contributed by atoms with E-state index >= 15 is 0 Å². The van der Waals surface area contributed by atoms with Crippen molar-refractivity contribution in [3.05, 3.63) is 64.7 Å². The lowest BCUT2D eigenvalue weighted by Crippen LogP contribution is -2.36. The number of aryl methyl sites for hydroxylation is 1. The molecule has 142 valence electrons. The van der Waals surface area contributed by atoms with Gasteiger partial charge in [-0.25, -0.2) is 8.78 Å². The number of anilines is 1. The summed E-state index contributed by atoms with van der Waals surface area (Å²) >= 11 is 0. The first-order chi connectivity index (χ1) is 11.9. The van der Waals surface area contributed by atoms with Crippen LogP contribution >= 0.6 is 24.0 Å². The van der Waals surface area contributed by atoms with Crippen LogP contribution in [0.25, 0.3) is 0 Å². The molecule has 2 aromatic rings. The summed E-state index contributed by atoms with van der Waals surface area (Å²) in [5.74, 6) is 0.127. The fraction of sp³-hybridized carbons (Fsp3) is 0.316. The van der Waals surface area contributed by atoms with Gasteiger partial charge in [0.2, 0.25) is 0 Å². The Morgan fingerprint density at radius 3 is 2.04 bits per heavy atom. The standard InChI is InChI=1S/C19H24F2N4.HI/c1-13-9-14(5-7-16(13)20)11-23-19(22-2)24-12-15-6-8-18(25(3)4)17(21)10-15;/h5-10H,11-12H2,1-4H3,(H2,22,23,24);1H. The molecule has 0 unspecified atom stereocenters. The zero-order valence-electron chi connectivity index (χ0n) is 15.4. The number of halogens is 3. The first-order valence-corrected chi connectivity index (χ1v) is 8.06. The molecule has 0 aromatic heterocycles. The number of hydrogen-bond acceptors (Lipinski definition) is 2. The molecule has 0 amide bonds. The molecule has 0 heterocycles. The van der Waals surface area contributed by atoms with Gasteiger partial charge in [-0.3, -0.25) is 4.99 Å². The van der Waals surface area contributed by atoms with Crippen LogP contribution in [0, 0.1) is 18.6 Å². The summed E-state index contributed by atoms with van der Waals surface area (Å²) in [4.78, 5) is 5.88. The Hall–Kier alpha value is -1.90. The van der Waals surface area contributed by atoms with Crippen molar-refractivity contribution in [3.63, 3.8) is 0 Å². The molecule has 0 aliphatic heterocycles. The quantitative estimate of drug-likeness (QED) is 0.393. The highest BCUT2D eigenvalue weighted by atomic mass is 127. The minimum Gasteiger partial charge on any atom is -0.375 e. The molecule has 0 spiro atoms. The summed E-state index contributed by atoms with van der Waals surface area (Å²) in [6.45, 7) is 2.71. The van der Waals surface area contributed by atoms with Gasteiger partial charge in [0, 0.05) is 34.2 Å².